The van der Waals surface area contributed by atoms with Crippen LogP contribution in [0.5, 0.6) is 0 Å². The molecular formula is C8H11N3O. The predicted octanol–water partition coefficient (Wildman–Crippen LogP) is 0.500. The van der Waals surface area contributed by atoms with Crippen LogP contribution in [-0.2, 0) is 12.8 Å². The van der Waals surface area contributed by atoms with Crippen LogP contribution in [0.15, 0.2) is 25.3 Å². The van der Waals surface area contributed by atoms with Gasteiger partial charge in [0.15, 0.2) is 11.4 Å². The minimum atomic E-state index is 0.531. The summed E-state index contributed by atoms with van der Waals surface area (Å²) in [5.41, 5.74) is 1.42. The van der Waals surface area contributed by atoms with E-state index in [2.05, 4.69) is 23.5 Å². The van der Waals surface area contributed by atoms with Gasteiger partial charge < -0.3 is 5.21 Å². The molecule has 0 atom stereocenters. The number of aromatic amines is 1. The van der Waals surface area contributed by atoms with Crippen LogP contribution in [0, 0.1) is 5.21 Å². The van der Waals surface area contributed by atoms with E-state index in [-0.39, 0.29) is 0 Å². The lowest BCUT2D eigenvalue weighted by Crippen LogP contribution is -2.32. The molecule has 0 bridgehead atoms. The van der Waals surface area contributed by atoms with Crippen molar-refractivity contribution in [3.63, 3.8) is 0 Å². The Kier molecular flexibility index (Phi) is 2.63. The third-order valence-corrected chi connectivity index (χ3v) is 1.54. The fourth-order valence-corrected chi connectivity index (χ4v) is 0.992. The van der Waals surface area contributed by atoms with E-state index < -0.39 is 0 Å². The average Bonchev–Trinajstić information content (AvgIpc) is 2.37. The van der Waals surface area contributed by atoms with Gasteiger partial charge in [-0.3, -0.25) is 0 Å². The van der Waals surface area contributed by atoms with Crippen LogP contribution < -0.4 is 4.85 Å². The van der Waals surface area contributed by atoms with Gasteiger partial charge >= 0.3 is 0 Å². The van der Waals surface area contributed by atoms with Crippen LogP contribution in [0.1, 0.15) is 11.4 Å². The Labute approximate surface area is 70.8 Å². The van der Waals surface area contributed by atoms with Crippen molar-refractivity contribution in [1.29, 1.82) is 0 Å². The van der Waals surface area contributed by atoms with Crippen molar-refractivity contribution in [3.05, 3.63) is 41.9 Å². The maximum atomic E-state index is 11.0. The maximum absolute atomic E-state index is 11.0. The van der Waals surface area contributed by atoms with E-state index >= 15 is 0 Å². The van der Waals surface area contributed by atoms with Gasteiger partial charge in [-0.2, -0.15) is 0 Å². The molecule has 0 amide bonds. The summed E-state index contributed by atoms with van der Waals surface area (Å²) >= 11 is 0. The van der Waals surface area contributed by atoms with Gasteiger partial charge in [-0.05, 0) is 0 Å². The number of H-pyrrole nitrogens is 1. The Morgan fingerprint density at radius 2 is 2.08 bits per heavy atom. The molecule has 0 radical (unpaired) electrons. The first-order chi connectivity index (χ1) is 5.79. The molecule has 0 saturated carbocycles. The van der Waals surface area contributed by atoms with Crippen molar-refractivity contribution in [2.24, 2.45) is 0 Å². The second-order valence-electron chi connectivity index (χ2n) is 2.40. The van der Waals surface area contributed by atoms with E-state index in [1.807, 2.05) is 0 Å². The van der Waals surface area contributed by atoms with Crippen molar-refractivity contribution < 1.29 is 4.85 Å². The Bertz CT molecular complexity index is 290. The molecule has 0 unspecified atom stereocenters. The maximum Gasteiger partial charge on any atom is 0.179 e. The third-order valence-electron chi connectivity index (χ3n) is 1.54. The lowest BCUT2D eigenvalue weighted by Gasteiger charge is -1.96. The normalized spacial score (nSPS) is 9.67. The summed E-state index contributed by atoms with van der Waals surface area (Å²) in [7, 11) is 0. The molecule has 0 aromatic carbocycles. The summed E-state index contributed by atoms with van der Waals surface area (Å²) in [6.07, 6.45) is 4.56. The Morgan fingerprint density at radius 3 is 2.67 bits per heavy atom. The molecule has 1 aromatic rings. The minimum Gasteiger partial charge on any atom is -0.691 e. The summed E-state index contributed by atoms with van der Waals surface area (Å²) in [6, 6.07) is 0. The first kappa shape index (κ1) is 8.52. The fourth-order valence-electron chi connectivity index (χ4n) is 0.992. The van der Waals surface area contributed by atoms with Crippen LogP contribution >= 0.6 is 0 Å². The van der Waals surface area contributed by atoms with E-state index in [0.717, 1.165) is 5.69 Å². The molecular weight excluding hydrogens is 154 g/mol. The monoisotopic (exact) mass is 165 g/mol. The molecule has 4 heteroatoms. The van der Waals surface area contributed by atoms with Gasteiger partial charge in [-0.15, -0.1) is 23.1 Å². The minimum absolute atomic E-state index is 0.531. The molecule has 1 heterocycles. The highest BCUT2D eigenvalue weighted by molar-refractivity contribution is 5.10. The van der Waals surface area contributed by atoms with Crippen molar-refractivity contribution >= 4 is 0 Å². The van der Waals surface area contributed by atoms with Crippen LogP contribution in [0.3, 0.4) is 0 Å². The quantitative estimate of drug-likeness (QED) is 0.401. The summed E-state index contributed by atoms with van der Waals surface area (Å²) in [5, 5.41) is 17.1. The molecule has 0 fully saturated rings. The number of nitrogens with one attached hydrogen (secondary N) is 1. The topological polar surface area (TPSA) is 55.6 Å². The van der Waals surface area contributed by atoms with Crippen LogP contribution in [0.4, 0.5) is 0 Å². The molecule has 4 nitrogen and oxygen atoms in total. The first-order valence-electron chi connectivity index (χ1n) is 3.67. The lowest BCUT2D eigenvalue weighted by molar-refractivity contribution is -0.675. The second kappa shape index (κ2) is 3.71. The second-order valence-corrected chi connectivity index (χ2v) is 2.40. The van der Waals surface area contributed by atoms with Gasteiger partial charge in [0.05, 0.1) is 5.21 Å². The Morgan fingerprint density at radius 1 is 1.42 bits per heavy atom. The number of nitrogens with zero attached hydrogens (tertiary/aromatic N) is 2. The zero-order valence-electron chi connectivity index (χ0n) is 6.79. The first-order valence-corrected chi connectivity index (χ1v) is 3.67. The molecule has 0 aliphatic heterocycles. The van der Waals surface area contributed by atoms with Crippen LogP contribution in [0.2, 0.25) is 0 Å². The van der Waals surface area contributed by atoms with Crippen LogP contribution in [-0.4, -0.2) is 10.3 Å². The third kappa shape index (κ3) is 1.53. The molecule has 0 saturated heterocycles. The highest BCUT2D eigenvalue weighted by atomic mass is 16.5. The largest absolute Gasteiger partial charge is 0.691 e. The van der Waals surface area contributed by atoms with Crippen molar-refractivity contribution in [2.45, 2.75) is 12.8 Å². The lowest BCUT2D eigenvalue weighted by atomic mass is 10.2. The molecule has 1 rings (SSSR count). The SMILES string of the molecule is C=CCc1[nH]n[n+]([O-])c1CC=C. The van der Waals surface area contributed by atoms with E-state index in [1.54, 1.807) is 12.2 Å². The fraction of sp³-hybridized carbons (Fsp3) is 0.250. The van der Waals surface area contributed by atoms with Gasteiger partial charge in [-0.25, -0.2) is 0 Å². The molecule has 1 N–H and O–H groups in total. The molecule has 0 aliphatic carbocycles. The average molecular weight is 165 g/mol. The Balaban J connectivity index is 2.94. The van der Waals surface area contributed by atoms with E-state index in [1.165, 1.54) is 0 Å². The number of hydrogen-bond acceptors (Lipinski definition) is 2. The van der Waals surface area contributed by atoms with Crippen molar-refractivity contribution in [3.8, 4) is 0 Å². The Hall–Kier alpha value is -1.58. The van der Waals surface area contributed by atoms with Gasteiger partial charge in [0.1, 0.15) is 0 Å². The zero-order chi connectivity index (χ0) is 8.97. The predicted molar refractivity (Wildman–Crippen MR) is 45.3 cm³/mol. The van der Waals surface area contributed by atoms with E-state index in [4.69, 9.17) is 0 Å². The molecule has 1 aromatic heterocycles. The standard InChI is InChI=1S/C8H11N3O/c1-3-5-7-8(6-4-2)11(12)10-9-7/h3-4,9H,1-2,5-6H2. The van der Waals surface area contributed by atoms with E-state index in [9.17, 15) is 5.21 Å². The number of aromatic nitrogens is 3. The molecule has 0 aliphatic rings. The number of hydrogen-bond donors (Lipinski definition) is 1. The molecule has 0 spiro atoms. The zero-order valence-corrected chi connectivity index (χ0v) is 6.79. The highest BCUT2D eigenvalue weighted by Gasteiger charge is 2.12. The molecule has 64 valence electrons. The van der Waals surface area contributed by atoms with Gasteiger partial charge in [0.25, 0.3) is 0 Å². The molecule has 12 heavy (non-hydrogen) atoms. The van der Waals surface area contributed by atoms with Crippen molar-refractivity contribution in [2.75, 3.05) is 0 Å². The number of rotatable bonds is 4. The summed E-state index contributed by atoms with van der Waals surface area (Å²) < 4.78 is 0. The number of allylic oxidation sites excluding steroid dienone is 2. The summed E-state index contributed by atoms with van der Waals surface area (Å²) in [5.74, 6) is 0. The summed E-state index contributed by atoms with van der Waals surface area (Å²) in [4.78, 5) is 0.584. The smallest absolute Gasteiger partial charge is 0.179 e. The van der Waals surface area contributed by atoms with Crippen molar-refractivity contribution in [1.82, 2.24) is 10.3 Å². The van der Waals surface area contributed by atoms with Gasteiger partial charge in [0.2, 0.25) is 0 Å². The van der Waals surface area contributed by atoms with E-state index in [0.29, 0.717) is 23.4 Å². The van der Waals surface area contributed by atoms with Crippen LogP contribution in [0.25, 0.3) is 0 Å². The summed E-state index contributed by atoms with van der Waals surface area (Å²) in [6.45, 7) is 7.14. The van der Waals surface area contributed by atoms with Gasteiger partial charge in [0, 0.05) is 12.8 Å². The highest BCUT2D eigenvalue weighted by Crippen LogP contribution is 2.01. The van der Waals surface area contributed by atoms with Gasteiger partial charge in [-0.1, -0.05) is 12.2 Å².